The van der Waals surface area contributed by atoms with Crippen molar-refractivity contribution in [3.05, 3.63) is 69.8 Å². The number of hydrogen-bond donors (Lipinski definition) is 0. The van der Waals surface area contributed by atoms with E-state index >= 15 is 0 Å². The van der Waals surface area contributed by atoms with E-state index in [0.29, 0.717) is 18.9 Å². The average molecular weight is 543 g/mol. The van der Waals surface area contributed by atoms with E-state index in [1.165, 1.54) is 6.07 Å². The molecule has 38 heavy (non-hydrogen) atoms. The van der Waals surface area contributed by atoms with E-state index in [4.69, 9.17) is 21.3 Å². The first-order valence-electron chi connectivity index (χ1n) is 18.3. The van der Waals surface area contributed by atoms with Gasteiger partial charge in [-0.2, -0.15) is 13.2 Å². The predicted molar refractivity (Wildman–Crippen MR) is 141 cm³/mol. The maximum Gasteiger partial charge on any atom is 0.416 e. The Kier molecular flexibility index (Phi) is 5.28. The van der Waals surface area contributed by atoms with E-state index in [9.17, 15) is 18.0 Å². The number of carbonyl (C=O) groups excluding carboxylic acids is 1. The van der Waals surface area contributed by atoms with Crippen LogP contribution in [0.3, 0.4) is 0 Å². The van der Waals surface area contributed by atoms with Crippen LogP contribution in [0.5, 0.6) is 0 Å². The summed E-state index contributed by atoms with van der Waals surface area (Å²) in [7, 11) is 1.16. The lowest BCUT2D eigenvalue weighted by Gasteiger charge is -2.37. The summed E-state index contributed by atoms with van der Waals surface area (Å²) in [6.45, 7) is -12.5. The number of methoxy groups -OCH3 is 1. The van der Waals surface area contributed by atoms with Gasteiger partial charge < -0.3 is 9.57 Å². The molecule has 8 heteroatoms. The molecule has 1 saturated carbocycles. The van der Waals surface area contributed by atoms with Crippen molar-refractivity contribution in [2.75, 3.05) is 20.2 Å². The molecule has 0 N–H and O–H groups in total. The third-order valence-electron chi connectivity index (χ3n) is 6.83. The normalized spacial score (nSPS) is 24.3. The van der Waals surface area contributed by atoms with E-state index in [1.54, 1.807) is 0 Å². The van der Waals surface area contributed by atoms with E-state index in [2.05, 4.69) is 9.89 Å². The highest BCUT2D eigenvalue weighted by molar-refractivity contribution is 5.98. The first-order chi connectivity index (χ1) is 22.8. The van der Waals surface area contributed by atoms with Crippen molar-refractivity contribution in [2.24, 2.45) is 11.1 Å². The quantitative estimate of drug-likeness (QED) is 0.197. The van der Waals surface area contributed by atoms with Crippen LogP contribution < -0.4 is 0 Å². The lowest BCUT2D eigenvalue weighted by Crippen LogP contribution is -2.50. The smallest absolute Gasteiger partial charge is 0.416 e. The van der Waals surface area contributed by atoms with Crippen LogP contribution in [0.2, 0.25) is 0 Å². The topological polar surface area (TPSA) is 51.1 Å². The zero-order valence-corrected chi connectivity index (χ0v) is 20.8. The van der Waals surface area contributed by atoms with Gasteiger partial charge in [0.25, 0.3) is 0 Å². The fourth-order valence-electron chi connectivity index (χ4n) is 4.76. The zero-order valence-electron chi connectivity index (χ0n) is 32.8. The van der Waals surface area contributed by atoms with Gasteiger partial charge in [-0.15, -0.1) is 0 Å². The summed E-state index contributed by atoms with van der Waals surface area (Å²) in [4.78, 5) is 18.0. The first-order valence-corrected chi connectivity index (χ1v) is 12.3. The number of esters is 1. The fraction of sp³-hybridized carbons (Fsp3) is 0.533. The number of nitrogens with zero attached hydrogens (tertiary/aromatic N) is 2. The molecule has 1 saturated heterocycles. The maximum atomic E-state index is 14.2. The summed E-state index contributed by atoms with van der Waals surface area (Å²) < 4.78 is 146. The largest absolute Gasteiger partial charge is 0.469 e. The highest BCUT2D eigenvalue weighted by Crippen LogP contribution is 2.41. The van der Waals surface area contributed by atoms with E-state index in [0.717, 1.165) is 55.5 Å². The van der Waals surface area contributed by atoms with Gasteiger partial charge in [0.2, 0.25) is 0 Å². The Hall–Kier alpha value is -2.87. The third-order valence-corrected chi connectivity index (χ3v) is 6.83. The predicted octanol–water partition coefficient (Wildman–Crippen LogP) is 6.86. The second kappa shape index (κ2) is 12.3. The van der Waals surface area contributed by atoms with Gasteiger partial charge in [-0.25, -0.2) is 0 Å². The van der Waals surface area contributed by atoms with Crippen molar-refractivity contribution >= 4 is 11.7 Å². The number of oxime groups is 1. The summed E-state index contributed by atoms with van der Waals surface area (Å²) in [5.74, 6) is -1.65. The molecule has 1 heterocycles. The monoisotopic (exact) mass is 542 g/mol. The van der Waals surface area contributed by atoms with Crippen LogP contribution in [0.15, 0.2) is 41.6 Å². The van der Waals surface area contributed by atoms with Gasteiger partial charge in [-0.05, 0) is 71.9 Å². The van der Waals surface area contributed by atoms with Crippen molar-refractivity contribution in [3.63, 3.8) is 0 Å². The molecule has 4 rings (SSSR count). The molecule has 5 nitrogen and oxygen atoms in total. The molecule has 0 radical (unpaired) electrons. The molecule has 2 fully saturated rings. The average Bonchev–Trinajstić information content (AvgIpc) is 2.98. The summed E-state index contributed by atoms with van der Waals surface area (Å²) in [6.07, 6.45) is -4.57. The minimum atomic E-state index is -4.83. The molecule has 1 aliphatic heterocycles. The number of carbonyl (C=O) groups is 1. The van der Waals surface area contributed by atoms with Crippen LogP contribution in [0, 0.1) is 5.92 Å². The molecule has 0 unspecified atom stereocenters. The van der Waals surface area contributed by atoms with Crippen molar-refractivity contribution in [1.29, 1.82) is 0 Å². The van der Waals surface area contributed by atoms with Crippen molar-refractivity contribution < 1.29 is 44.0 Å². The number of alkyl halides is 3. The number of hydrogen-bond acceptors (Lipinski definition) is 5. The second-order valence-corrected chi connectivity index (χ2v) is 9.39. The number of likely N-dealkylation sites (tertiary alicyclic amines) is 1. The number of benzene rings is 2. The highest BCUT2D eigenvalue weighted by Gasteiger charge is 2.36. The molecule has 2 aliphatic rings. The van der Waals surface area contributed by atoms with Crippen molar-refractivity contribution in [2.45, 2.75) is 77.3 Å². The zero-order chi connectivity index (χ0) is 37.7. The van der Waals surface area contributed by atoms with Crippen LogP contribution in [-0.4, -0.2) is 36.8 Å². The Morgan fingerprint density at radius 2 is 1.92 bits per heavy atom. The summed E-state index contributed by atoms with van der Waals surface area (Å²) in [5, 5.41) is 3.48. The summed E-state index contributed by atoms with van der Waals surface area (Å²) in [6, 6.07) is 5.65. The molecule has 2 aromatic rings. The first kappa shape index (κ1) is 16.3. The molecule has 2 aromatic carbocycles. The van der Waals surface area contributed by atoms with Gasteiger partial charge in [0.15, 0.2) is 0 Å². The van der Waals surface area contributed by atoms with Gasteiger partial charge >= 0.3 is 12.1 Å². The van der Waals surface area contributed by atoms with E-state index in [1.807, 2.05) is 0 Å². The Balaban J connectivity index is 1.76. The van der Waals surface area contributed by atoms with Gasteiger partial charge in [0.1, 0.15) is 6.56 Å². The van der Waals surface area contributed by atoms with Crippen LogP contribution in [0.4, 0.5) is 13.2 Å². The van der Waals surface area contributed by atoms with E-state index < -0.39 is 84.7 Å². The van der Waals surface area contributed by atoms with Crippen LogP contribution >= 0.6 is 0 Å². The SMILES string of the molecule is [2H]C([2H])([2H])/C(=N/OC([2H])([2H])c1ccc(C2CCCCC2)c(C(F)(F)F)c1)c1ccc(C([2H])([2H])N2CC(C(=O)OC)C2)c(C([2H])([2H])C([2H])([2H])[2H])c1. The number of halogens is 3. The fourth-order valence-corrected chi connectivity index (χ4v) is 4.76. The number of aryl methyl sites for hydroxylation is 1. The van der Waals surface area contributed by atoms with Gasteiger partial charge in [-0.3, -0.25) is 9.69 Å². The lowest BCUT2D eigenvalue weighted by atomic mass is 9.81. The van der Waals surface area contributed by atoms with Gasteiger partial charge in [-0.1, -0.05) is 55.5 Å². The maximum absolute atomic E-state index is 14.2. The molecule has 206 valence electrons. The second-order valence-electron chi connectivity index (χ2n) is 9.39. The van der Waals surface area contributed by atoms with Gasteiger partial charge in [0, 0.05) is 33.3 Å². The molecule has 0 atom stereocenters. The van der Waals surface area contributed by atoms with Crippen molar-refractivity contribution in [1.82, 2.24) is 4.90 Å². The molecule has 0 bridgehead atoms. The minimum Gasteiger partial charge on any atom is -0.469 e. The number of ether oxygens (including phenoxy) is 1. The van der Waals surface area contributed by atoms with Gasteiger partial charge in [0.05, 0.1) is 27.0 Å². The summed E-state index contributed by atoms with van der Waals surface area (Å²) >= 11 is 0. The van der Waals surface area contributed by atoms with Crippen LogP contribution in [0.25, 0.3) is 0 Å². The molecule has 0 spiro atoms. The Labute approximate surface area is 239 Å². The Morgan fingerprint density at radius 3 is 2.61 bits per heavy atom. The Morgan fingerprint density at radius 1 is 1.13 bits per heavy atom. The standard InChI is InChI=1S/C30H37F3N2O3/c1-4-22-15-24(11-12-25(22)16-35-17-26(18-35)29(36)37-3)20(2)34-38-19-21-10-13-27(23-8-6-5-7-9-23)28(14-21)30(31,32)33/h10-15,23,26H,4-9,16-19H2,1-3H3/b34-20-/i1D3,2D3,4D2,16D2,19D2. The summed E-state index contributed by atoms with van der Waals surface area (Å²) in [5.41, 5.74) is -4.35. The van der Waals surface area contributed by atoms with Crippen LogP contribution in [0.1, 0.15) is 102 Å². The Bertz CT molecular complexity index is 1600. The molecule has 1 aliphatic carbocycles. The number of rotatable bonds is 9. The minimum absolute atomic E-state index is 0.0264. The lowest BCUT2D eigenvalue weighted by molar-refractivity contribution is -0.151. The van der Waals surface area contributed by atoms with Crippen LogP contribution in [-0.2, 0) is 40.0 Å². The molecular weight excluding hydrogens is 493 g/mol. The van der Waals surface area contributed by atoms with Crippen molar-refractivity contribution in [3.8, 4) is 0 Å². The molecule has 0 amide bonds. The third kappa shape index (κ3) is 6.76. The van der Waals surface area contributed by atoms with E-state index in [-0.39, 0.29) is 24.6 Å². The highest BCUT2D eigenvalue weighted by atomic mass is 19.4. The molecular formula is C30H37F3N2O3. The molecule has 0 aromatic heterocycles.